The Bertz CT molecular complexity index is 438. The van der Waals surface area contributed by atoms with E-state index in [0.29, 0.717) is 6.54 Å². The number of likely N-dealkylation sites (N-methyl/N-ethyl adjacent to an activating group) is 1. The average Bonchev–Trinajstić information content (AvgIpc) is 2.44. The number of rotatable bonds is 7. The normalized spacial score (nSPS) is 11.7. The summed E-state index contributed by atoms with van der Waals surface area (Å²) in [5.74, 6) is -0.670. The Morgan fingerprint density at radius 1 is 1.35 bits per heavy atom. The molecule has 0 heterocycles. The number of nitrogens with one attached hydrogen (secondary N) is 1. The lowest BCUT2D eigenvalue weighted by Gasteiger charge is -2.39. The highest BCUT2D eigenvalue weighted by Gasteiger charge is 2.30. The van der Waals surface area contributed by atoms with Crippen LogP contribution in [-0.4, -0.2) is 36.5 Å². The lowest BCUT2D eigenvalue weighted by molar-refractivity contribution is -0.118. The highest BCUT2D eigenvalue weighted by molar-refractivity contribution is 5.92. The van der Waals surface area contributed by atoms with Crippen molar-refractivity contribution in [3.05, 3.63) is 30.1 Å². The van der Waals surface area contributed by atoms with Crippen LogP contribution in [0.5, 0.6) is 0 Å². The van der Waals surface area contributed by atoms with Crippen LogP contribution in [0.3, 0.4) is 0 Å². The predicted molar refractivity (Wildman–Crippen MR) is 80.0 cm³/mol. The van der Waals surface area contributed by atoms with Crippen molar-refractivity contribution in [2.24, 2.45) is 5.73 Å². The number of para-hydroxylation sites is 1. The SMILES string of the molecule is CCC(CC)(CN)N(C)CC(=O)Nc1ccccc1F. The first kappa shape index (κ1) is 16.6. The number of carbonyl (C=O) groups is 1. The maximum atomic E-state index is 13.5. The van der Waals surface area contributed by atoms with Gasteiger partial charge in [-0.25, -0.2) is 4.39 Å². The minimum atomic E-state index is -0.431. The number of amides is 1. The number of hydrogen-bond acceptors (Lipinski definition) is 3. The van der Waals surface area contributed by atoms with E-state index in [4.69, 9.17) is 5.73 Å². The van der Waals surface area contributed by atoms with Crippen LogP contribution in [0.4, 0.5) is 10.1 Å². The summed E-state index contributed by atoms with van der Waals surface area (Å²) in [6, 6.07) is 6.14. The Labute approximate surface area is 120 Å². The molecule has 1 amide bonds. The van der Waals surface area contributed by atoms with E-state index in [-0.39, 0.29) is 23.7 Å². The van der Waals surface area contributed by atoms with E-state index in [0.717, 1.165) is 12.8 Å². The van der Waals surface area contributed by atoms with E-state index in [1.165, 1.54) is 6.07 Å². The zero-order valence-corrected chi connectivity index (χ0v) is 12.4. The van der Waals surface area contributed by atoms with Gasteiger partial charge in [0.25, 0.3) is 0 Å². The summed E-state index contributed by atoms with van der Waals surface area (Å²) in [4.78, 5) is 14.0. The summed E-state index contributed by atoms with van der Waals surface area (Å²) >= 11 is 0. The molecule has 0 saturated carbocycles. The smallest absolute Gasteiger partial charge is 0.238 e. The summed E-state index contributed by atoms with van der Waals surface area (Å²) in [5, 5.41) is 2.59. The van der Waals surface area contributed by atoms with Crippen LogP contribution in [0.25, 0.3) is 0 Å². The predicted octanol–water partition coefficient (Wildman–Crippen LogP) is 2.21. The summed E-state index contributed by atoms with van der Waals surface area (Å²) in [7, 11) is 1.88. The van der Waals surface area contributed by atoms with E-state index in [9.17, 15) is 9.18 Å². The van der Waals surface area contributed by atoms with Gasteiger partial charge in [-0.1, -0.05) is 26.0 Å². The number of anilines is 1. The molecule has 1 rings (SSSR count). The van der Waals surface area contributed by atoms with Crippen LogP contribution in [0.15, 0.2) is 24.3 Å². The molecule has 5 heteroatoms. The van der Waals surface area contributed by atoms with Crippen molar-refractivity contribution in [1.29, 1.82) is 0 Å². The van der Waals surface area contributed by atoms with Gasteiger partial charge >= 0.3 is 0 Å². The first-order valence-electron chi connectivity index (χ1n) is 6.94. The van der Waals surface area contributed by atoms with E-state index in [1.54, 1.807) is 18.2 Å². The Hall–Kier alpha value is -1.46. The number of halogens is 1. The fraction of sp³-hybridized carbons (Fsp3) is 0.533. The third-order valence-corrected chi connectivity index (χ3v) is 4.03. The molecule has 1 aromatic carbocycles. The third kappa shape index (κ3) is 3.77. The first-order chi connectivity index (χ1) is 9.49. The first-order valence-corrected chi connectivity index (χ1v) is 6.94. The largest absolute Gasteiger partial charge is 0.329 e. The van der Waals surface area contributed by atoms with Crippen molar-refractivity contribution in [3.63, 3.8) is 0 Å². The van der Waals surface area contributed by atoms with E-state index in [2.05, 4.69) is 19.2 Å². The van der Waals surface area contributed by atoms with Crippen LogP contribution in [0.1, 0.15) is 26.7 Å². The molecule has 3 N–H and O–H groups in total. The van der Waals surface area contributed by atoms with Gasteiger partial charge in [0.2, 0.25) is 5.91 Å². The maximum absolute atomic E-state index is 13.5. The van der Waals surface area contributed by atoms with Gasteiger partial charge in [-0.05, 0) is 32.0 Å². The molecule has 20 heavy (non-hydrogen) atoms. The average molecular weight is 281 g/mol. The molecule has 0 atom stereocenters. The van der Waals surface area contributed by atoms with Crippen LogP contribution < -0.4 is 11.1 Å². The topological polar surface area (TPSA) is 58.4 Å². The highest BCUT2D eigenvalue weighted by Crippen LogP contribution is 2.21. The van der Waals surface area contributed by atoms with Gasteiger partial charge in [0.15, 0.2) is 0 Å². The van der Waals surface area contributed by atoms with Gasteiger partial charge in [-0.3, -0.25) is 9.69 Å². The summed E-state index contributed by atoms with van der Waals surface area (Å²) in [5.41, 5.74) is 5.87. The molecule has 0 fully saturated rings. The summed E-state index contributed by atoms with van der Waals surface area (Å²) in [6.07, 6.45) is 1.73. The Kier molecular flexibility index (Phi) is 6.10. The number of hydrogen-bond donors (Lipinski definition) is 2. The van der Waals surface area contributed by atoms with Gasteiger partial charge in [-0.2, -0.15) is 0 Å². The molecule has 0 aromatic heterocycles. The fourth-order valence-electron chi connectivity index (χ4n) is 2.37. The van der Waals surface area contributed by atoms with Crippen molar-refractivity contribution in [2.45, 2.75) is 32.2 Å². The summed E-state index contributed by atoms with van der Waals surface area (Å²) < 4.78 is 13.5. The second-order valence-electron chi connectivity index (χ2n) is 5.02. The molecular weight excluding hydrogens is 257 g/mol. The minimum absolute atomic E-state index is 0.188. The highest BCUT2D eigenvalue weighted by atomic mass is 19.1. The van der Waals surface area contributed by atoms with Crippen molar-refractivity contribution in [1.82, 2.24) is 4.90 Å². The molecule has 112 valence electrons. The van der Waals surface area contributed by atoms with Gasteiger partial charge in [-0.15, -0.1) is 0 Å². The summed E-state index contributed by atoms with van der Waals surface area (Å²) in [6.45, 7) is 4.79. The van der Waals surface area contributed by atoms with Gasteiger partial charge in [0.05, 0.1) is 12.2 Å². The van der Waals surface area contributed by atoms with Crippen LogP contribution in [0, 0.1) is 5.82 Å². The van der Waals surface area contributed by atoms with Gasteiger partial charge in [0.1, 0.15) is 5.82 Å². The fourth-order valence-corrected chi connectivity index (χ4v) is 2.37. The third-order valence-electron chi connectivity index (χ3n) is 4.03. The molecule has 0 aliphatic carbocycles. The minimum Gasteiger partial charge on any atom is -0.329 e. The van der Waals surface area contributed by atoms with Crippen LogP contribution >= 0.6 is 0 Å². The van der Waals surface area contributed by atoms with Gasteiger partial charge in [0, 0.05) is 12.1 Å². The lowest BCUT2D eigenvalue weighted by atomic mass is 9.91. The van der Waals surface area contributed by atoms with E-state index in [1.807, 2.05) is 11.9 Å². The molecule has 1 aromatic rings. The van der Waals surface area contributed by atoms with Crippen LogP contribution in [-0.2, 0) is 4.79 Å². The lowest BCUT2D eigenvalue weighted by Crippen LogP contribution is -2.53. The molecule has 0 spiro atoms. The van der Waals surface area contributed by atoms with Crippen molar-refractivity contribution in [2.75, 3.05) is 25.5 Å². The molecule has 0 aliphatic heterocycles. The Morgan fingerprint density at radius 2 is 1.95 bits per heavy atom. The molecule has 0 bridgehead atoms. The number of nitrogens with zero attached hydrogens (tertiary/aromatic N) is 1. The molecule has 4 nitrogen and oxygen atoms in total. The molecular formula is C15H24FN3O. The Morgan fingerprint density at radius 3 is 2.45 bits per heavy atom. The zero-order valence-electron chi connectivity index (χ0n) is 12.4. The quantitative estimate of drug-likeness (QED) is 0.805. The number of carbonyl (C=O) groups excluding carboxylic acids is 1. The molecule has 0 aliphatic rings. The van der Waals surface area contributed by atoms with E-state index < -0.39 is 5.82 Å². The van der Waals surface area contributed by atoms with Crippen molar-refractivity contribution < 1.29 is 9.18 Å². The Balaban J connectivity index is 2.69. The van der Waals surface area contributed by atoms with Gasteiger partial charge < -0.3 is 11.1 Å². The number of nitrogens with two attached hydrogens (primary N) is 1. The zero-order chi connectivity index (χ0) is 15.2. The standard InChI is InChI=1S/C15H24FN3O/c1-4-15(5-2,11-17)19(3)10-14(20)18-13-9-7-6-8-12(13)16/h6-9H,4-5,10-11,17H2,1-3H3,(H,18,20). The molecule has 0 radical (unpaired) electrons. The maximum Gasteiger partial charge on any atom is 0.238 e. The monoisotopic (exact) mass is 281 g/mol. The van der Waals surface area contributed by atoms with Crippen LogP contribution in [0.2, 0.25) is 0 Å². The second-order valence-corrected chi connectivity index (χ2v) is 5.02. The van der Waals surface area contributed by atoms with E-state index >= 15 is 0 Å². The molecule has 0 unspecified atom stereocenters. The van der Waals surface area contributed by atoms with Crippen molar-refractivity contribution in [3.8, 4) is 0 Å². The molecule has 0 saturated heterocycles. The number of benzene rings is 1. The van der Waals surface area contributed by atoms with Crippen molar-refractivity contribution >= 4 is 11.6 Å². The second kappa shape index (κ2) is 7.36.